The highest BCUT2D eigenvalue weighted by Crippen LogP contribution is 2.40. The quantitative estimate of drug-likeness (QED) is 0.856. The molecule has 1 aromatic rings. The first-order valence-electron chi connectivity index (χ1n) is 7.22. The number of hydrogen-bond donors (Lipinski definition) is 2. The monoisotopic (exact) mass is 261 g/mol. The van der Waals surface area contributed by atoms with E-state index in [1.165, 1.54) is 12.8 Å². The highest BCUT2D eigenvalue weighted by Gasteiger charge is 2.38. The van der Waals surface area contributed by atoms with E-state index in [1.807, 2.05) is 12.1 Å². The van der Waals surface area contributed by atoms with Gasteiger partial charge in [0.25, 0.3) is 0 Å². The second kappa shape index (κ2) is 6.09. The topological polar surface area (TPSA) is 49.3 Å². The summed E-state index contributed by atoms with van der Waals surface area (Å²) in [5, 5.41) is 12.3. The number of benzene rings is 1. The molecule has 1 aromatic carbocycles. The van der Waals surface area contributed by atoms with Gasteiger partial charge in [-0.15, -0.1) is 0 Å². The Kier molecular flexibility index (Phi) is 4.46. The zero-order valence-corrected chi connectivity index (χ0v) is 11.6. The lowest BCUT2D eigenvalue weighted by Crippen LogP contribution is -2.39. The van der Waals surface area contributed by atoms with Crippen LogP contribution in [-0.4, -0.2) is 17.6 Å². The summed E-state index contributed by atoms with van der Waals surface area (Å²) in [4.78, 5) is 12.3. The molecular weight excluding hydrogens is 238 g/mol. The molecule has 0 saturated heterocycles. The number of aromatic hydroxyl groups is 1. The number of nitrogens with one attached hydrogen (secondary N) is 1. The Morgan fingerprint density at radius 3 is 2.47 bits per heavy atom. The zero-order valence-electron chi connectivity index (χ0n) is 11.6. The Morgan fingerprint density at radius 2 is 1.89 bits per heavy atom. The van der Waals surface area contributed by atoms with Crippen molar-refractivity contribution in [3.05, 3.63) is 29.8 Å². The Bertz CT molecular complexity index is 419. The lowest BCUT2D eigenvalue weighted by molar-refractivity contribution is -0.131. The van der Waals surface area contributed by atoms with Crippen LogP contribution in [0.25, 0.3) is 0 Å². The van der Waals surface area contributed by atoms with E-state index in [1.54, 1.807) is 12.1 Å². The van der Waals surface area contributed by atoms with Crippen LogP contribution in [-0.2, 0) is 11.2 Å². The van der Waals surface area contributed by atoms with E-state index in [0.29, 0.717) is 6.54 Å². The maximum Gasteiger partial charge on any atom is 0.226 e. The van der Waals surface area contributed by atoms with Crippen molar-refractivity contribution in [1.29, 1.82) is 0 Å². The van der Waals surface area contributed by atoms with Crippen molar-refractivity contribution in [3.8, 4) is 5.75 Å². The number of carbonyl (C=O) groups is 1. The van der Waals surface area contributed by atoms with E-state index in [9.17, 15) is 9.90 Å². The van der Waals surface area contributed by atoms with Crippen LogP contribution in [0.15, 0.2) is 24.3 Å². The summed E-state index contributed by atoms with van der Waals surface area (Å²) in [6, 6.07) is 7.16. The number of phenolic OH excluding ortho intramolecular Hbond substituents is 1. The summed E-state index contributed by atoms with van der Waals surface area (Å²) in [6.45, 7) is 2.79. The summed E-state index contributed by atoms with van der Waals surface area (Å²) in [5.74, 6) is 0.509. The van der Waals surface area contributed by atoms with E-state index >= 15 is 0 Å². The average Bonchev–Trinajstić information content (AvgIpc) is 2.91. The van der Waals surface area contributed by atoms with Gasteiger partial charge in [0.2, 0.25) is 5.91 Å². The lowest BCUT2D eigenvalue weighted by Gasteiger charge is -2.26. The molecule has 2 N–H and O–H groups in total. The Balaban J connectivity index is 1.82. The van der Waals surface area contributed by atoms with Crippen LogP contribution < -0.4 is 5.32 Å². The van der Waals surface area contributed by atoms with Gasteiger partial charge in [0, 0.05) is 12.0 Å². The minimum atomic E-state index is -0.102. The average molecular weight is 261 g/mol. The lowest BCUT2D eigenvalue weighted by atomic mass is 9.82. The minimum absolute atomic E-state index is 0.102. The molecule has 0 radical (unpaired) electrons. The first-order chi connectivity index (χ1) is 9.16. The van der Waals surface area contributed by atoms with Gasteiger partial charge < -0.3 is 10.4 Å². The van der Waals surface area contributed by atoms with Gasteiger partial charge in [-0.1, -0.05) is 31.9 Å². The SMILES string of the molecule is CCC1(C(=O)NCCc2ccc(O)cc2)CCCC1. The van der Waals surface area contributed by atoms with Crippen molar-refractivity contribution >= 4 is 5.91 Å². The zero-order chi connectivity index (χ0) is 13.7. The molecule has 1 aliphatic rings. The van der Waals surface area contributed by atoms with Crippen LogP contribution in [0, 0.1) is 5.41 Å². The van der Waals surface area contributed by atoms with Gasteiger partial charge in [-0.25, -0.2) is 0 Å². The summed E-state index contributed by atoms with van der Waals surface area (Å²) < 4.78 is 0. The van der Waals surface area contributed by atoms with Crippen LogP contribution in [0.4, 0.5) is 0 Å². The molecule has 0 spiro atoms. The molecule has 2 rings (SSSR count). The highest BCUT2D eigenvalue weighted by atomic mass is 16.3. The fourth-order valence-corrected chi connectivity index (χ4v) is 2.96. The number of rotatable bonds is 5. The molecule has 1 saturated carbocycles. The molecule has 3 heteroatoms. The van der Waals surface area contributed by atoms with Crippen molar-refractivity contribution in [1.82, 2.24) is 5.32 Å². The Labute approximate surface area is 115 Å². The first-order valence-corrected chi connectivity index (χ1v) is 7.22. The number of phenols is 1. The van der Waals surface area contributed by atoms with Crippen molar-refractivity contribution in [3.63, 3.8) is 0 Å². The maximum atomic E-state index is 12.3. The smallest absolute Gasteiger partial charge is 0.226 e. The Hall–Kier alpha value is -1.51. The normalized spacial score (nSPS) is 17.3. The highest BCUT2D eigenvalue weighted by molar-refractivity contribution is 5.82. The molecule has 1 fully saturated rings. The van der Waals surface area contributed by atoms with E-state index in [0.717, 1.165) is 31.2 Å². The van der Waals surface area contributed by atoms with Gasteiger partial charge in [-0.2, -0.15) is 0 Å². The second-order valence-electron chi connectivity index (χ2n) is 5.51. The van der Waals surface area contributed by atoms with Gasteiger partial charge in [-0.05, 0) is 43.4 Å². The third-order valence-corrected chi connectivity index (χ3v) is 4.35. The van der Waals surface area contributed by atoms with Crippen molar-refractivity contribution in [2.45, 2.75) is 45.4 Å². The molecule has 0 heterocycles. The fraction of sp³-hybridized carbons (Fsp3) is 0.562. The number of hydrogen-bond acceptors (Lipinski definition) is 2. The van der Waals surface area contributed by atoms with Crippen LogP contribution in [0.5, 0.6) is 5.75 Å². The molecule has 104 valence electrons. The molecular formula is C16H23NO2. The Morgan fingerprint density at radius 1 is 1.26 bits per heavy atom. The summed E-state index contributed by atoms with van der Waals surface area (Å²) in [5.41, 5.74) is 1.03. The third-order valence-electron chi connectivity index (χ3n) is 4.35. The predicted molar refractivity (Wildman–Crippen MR) is 76.0 cm³/mol. The van der Waals surface area contributed by atoms with E-state index in [4.69, 9.17) is 0 Å². The molecule has 0 aliphatic heterocycles. The number of amides is 1. The standard InChI is InChI=1S/C16H23NO2/c1-2-16(10-3-4-11-16)15(19)17-12-9-13-5-7-14(18)8-6-13/h5-8,18H,2-4,9-12H2,1H3,(H,17,19). The van der Waals surface area contributed by atoms with Gasteiger partial charge in [0.15, 0.2) is 0 Å². The van der Waals surface area contributed by atoms with Gasteiger partial charge in [0.05, 0.1) is 0 Å². The molecule has 19 heavy (non-hydrogen) atoms. The van der Waals surface area contributed by atoms with Crippen LogP contribution in [0.3, 0.4) is 0 Å². The molecule has 0 bridgehead atoms. The minimum Gasteiger partial charge on any atom is -0.508 e. The summed E-state index contributed by atoms with van der Waals surface area (Å²) in [7, 11) is 0. The van der Waals surface area contributed by atoms with Gasteiger partial charge >= 0.3 is 0 Å². The van der Waals surface area contributed by atoms with E-state index < -0.39 is 0 Å². The van der Waals surface area contributed by atoms with Crippen molar-refractivity contribution < 1.29 is 9.90 Å². The largest absolute Gasteiger partial charge is 0.508 e. The van der Waals surface area contributed by atoms with E-state index in [-0.39, 0.29) is 17.1 Å². The van der Waals surface area contributed by atoms with Crippen LogP contribution in [0.1, 0.15) is 44.6 Å². The van der Waals surface area contributed by atoms with E-state index in [2.05, 4.69) is 12.2 Å². The maximum absolute atomic E-state index is 12.3. The predicted octanol–water partition coefficient (Wildman–Crippen LogP) is 3.02. The van der Waals surface area contributed by atoms with Crippen molar-refractivity contribution in [2.75, 3.05) is 6.54 Å². The summed E-state index contributed by atoms with van der Waals surface area (Å²) in [6.07, 6.45) is 6.19. The molecule has 1 aliphatic carbocycles. The molecule has 0 aromatic heterocycles. The molecule has 1 amide bonds. The third kappa shape index (κ3) is 3.28. The fourth-order valence-electron chi connectivity index (χ4n) is 2.96. The molecule has 0 unspecified atom stereocenters. The van der Waals surface area contributed by atoms with Crippen LogP contribution >= 0.6 is 0 Å². The van der Waals surface area contributed by atoms with Crippen molar-refractivity contribution in [2.24, 2.45) is 5.41 Å². The first kappa shape index (κ1) is 13.9. The number of carbonyl (C=O) groups excluding carboxylic acids is 1. The van der Waals surface area contributed by atoms with Gasteiger partial charge in [-0.3, -0.25) is 4.79 Å². The summed E-state index contributed by atoms with van der Waals surface area (Å²) >= 11 is 0. The van der Waals surface area contributed by atoms with Gasteiger partial charge in [0.1, 0.15) is 5.75 Å². The van der Waals surface area contributed by atoms with Crippen LogP contribution in [0.2, 0.25) is 0 Å². The second-order valence-corrected chi connectivity index (χ2v) is 5.51. The molecule has 3 nitrogen and oxygen atoms in total. The molecule has 0 atom stereocenters.